The lowest BCUT2D eigenvalue weighted by atomic mass is 9.80. The van der Waals surface area contributed by atoms with Gasteiger partial charge >= 0.3 is 7.12 Å². The van der Waals surface area contributed by atoms with Gasteiger partial charge in [-0.1, -0.05) is 33.6 Å². The lowest BCUT2D eigenvalue weighted by Crippen LogP contribution is -2.31. The molecule has 5 heteroatoms. The Morgan fingerprint density at radius 2 is 2.00 bits per heavy atom. The second-order valence-corrected chi connectivity index (χ2v) is 3.76. The number of halogens is 2. The molecule has 1 rings (SSSR count). The highest BCUT2D eigenvalue weighted by atomic mass is 79.9. The fraction of sp³-hybridized carbons (Fsp3) is 0.143. The van der Waals surface area contributed by atoms with E-state index < -0.39 is 7.12 Å². The van der Waals surface area contributed by atoms with Crippen molar-refractivity contribution < 1.29 is 10.0 Å². The van der Waals surface area contributed by atoms with Crippen LogP contribution in [0.2, 0.25) is 5.02 Å². The zero-order chi connectivity index (χ0) is 9.30. The van der Waals surface area contributed by atoms with E-state index in [0.29, 0.717) is 15.0 Å². The molecule has 0 aliphatic heterocycles. The summed E-state index contributed by atoms with van der Waals surface area (Å²) in [7, 11) is -1.46. The SMILES string of the molecule is Cc1cc(B(O)O)c(Br)cc1Cl. The highest BCUT2D eigenvalue weighted by molar-refractivity contribution is 9.10. The second-order valence-electron chi connectivity index (χ2n) is 2.50. The topological polar surface area (TPSA) is 40.5 Å². The van der Waals surface area contributed by atoms with E-state index in [0.717, 1.165) is 5.56 Å². The van der Waals surface area contributed by atoms with Crippen LogP contribution in [0.4, 0.5) is 0 Å². The first kappa shape index (κ1) is 10.1. The molecule has 0 aromatic heterocycles. The highest BCUT2D eigenvalue weighted by Gasteiger charge is 2.15. The molecule has 12 heavy (non-hydrogen) atoms. The van der Waals surface area contributed by atoms with Gasteiger partial charge < -0.3 is 10.0 Å². The molecule has 0 spiro atoms. The molecule has 0 atom stereocenters. The van der Waals surface area contributed by atoms with Crippen molar-refractivity contribution in [1.29, 1.82) is 0 Å². The summed E-state index contributed by atoms with van der Waals surface area (Å²) in [5, 5.41) is 18.4. The molecule has 0 radical (unpaired) electrons. The van der Waals surface area contributed by atoms with Gasteiger partial charge in [0.1, 0.15) is 0 Å². The third-order valence-electron chi connectivity index (χ3n) is 1.56. The molecular weight excluding hydrogens is 242 g/mol. The maximum absolute atomic E-state index is 8.90. The molecule has 2 nitrogen and oxygen atoms in total. The van der Waals surface area contributed by atoms with Gasteiger partial charge in [0, 0.05) is 9.50 Å². The zero-order valence-corrected chi connectivity index (χ0v) is 8.72. The predicted octanol–water partition coefficient (Wildman–Crippen LogP) is 1.09. The first-order valence-electron chi connectivity index (χ1n) is 3.34. The molecule has 0 saturated carbocycles. The number of aryl methyl sites for hydroxylation is 1. The van der Waals surface area contributed by atoms with Gasteiger partial charge in [0.15, 0.2) is 0 Å². The van der Waals surface area contributed by atoms with Gasteiger partial charge in [-0.05, 0) is 24.0 Å². The minimum absolute atomic E-state index is 0.428. The molecule has 0 unspecified atom stereocenters. The quantitative estimate of drug-likeness (QED) is 0.731. The van der Waals surface area contributed by atoms with Gasteiger partial charge in [-0.25, -0.2) is 0 Å². The number of rotatable bonds is 1. The predicted molar refractivity (Wildman–Crippen MR) is 53.7 cm³/mol. The van der Waals surface area contributed by atoms with Crippen LogP contribution >= 0.6 is 27.5 Å². The van der Waals surface area contributed by atoms with Gasteiger partial charge in [0.2, 0.25) is 0 Å². The molecule has 1 aromatic rings. The highest BCUT2D eigenvalue weighted by Crippen LogP contribution is 2.18. The van der Waals surface area contributed by atoms with Crippen LogP contribution in [0.15, 0.2) is 16.6 Å². The van der Waals surface area contributed by atoms with Crippen molar-refractivity contribution in [1.82, 2.24) is 0 Å². The largest absolute Gasteiger partial charge is 0.489 e. The van der Waals surface area contributed by atoms with Crippen LogP contribution in [-0.2, 0) is 0 Å². The second kappa shape index (κ2) is 3.79. The summed E-state index contributed by atoms with van der Waals surface area (Å²) in [5.41, 5.74) is 1.25. The fourth-order valence-corrected chi connectivity index (χ4v) is 1.72. The fourth-order valence-electron chi connectivity index (χ4n) is 0.877. The molecule has 0 aliphatic rings. The van der Waals surface area contributed by atoms with Crippen molar-refractivity contribution in [3.63, 3.8) is 0 Å². The Morgan fingerprint density at radius 1 is 1.42 bits per heavy atom. The van der Waals surface area contributed by atoms with Crippen LogP contribution in [0.3, 0.4) is 0 Å². The van der Waals surface area contributed by atoms with Crippen molar-refractivity contribution in [2.24, 2.45) is 0 Å². The van der Waals surface area contributed by atoms with Crippen molar-refractivity contribution in [3.05, 3.63) is 27.2 Å². The van der Waals surface area contributed by atoms with E-state index in [1.165, 1.54) is 0 Å². The normalized spacial score (nSPS) is 10.1. The maximum atomic E-state index is 8.90. The number of benzene rings is 1. The van der Waals surface area contributed by atoms with Gasteiger partial charge in [-0.15, -0.1) is 0 Å². The van der Waals surface area contributed by atoms with Crippen LogP contribution in [-0.4, -0.2) is 17.2 Å². The van der Waals surface area contributed by atoms with Crippen molar-refractivity contribution in [2.75, 3.05) is 0 Å². The molecule has 1 aromatic carbocycles. The zero-order valence-electron chi connectivity index (χ0n) is 6.38. The Kier molecular flexibility index (Phi) is 3.18. The molecule has 0 heterocycles. The molecule has 0 amide bonds. The molecule has 2 N–H and O–H groups in total. The molecule has 0 saturated heterocycles. The summed E-state index contributed by atoms with van der Waals surface area (Å²) in [6, 6.07) is 3.28. The van der Waals surface area contributed by atoms with Crippen LogP contribution in [0.1, 0.15) is 5.56 Å². The summed E-state index contributed by atoms with van der Waals surface area (Å²) in [4.78, 5) is 0. The van der Waals surface area contributed by atoms with E-state index in [1.807, 2.05) is 0 Å². The van der Waals surface area contributed by atoms with E-state index in [1.54, 1.807) is 19.1 Å². The monoisotopic (exact) mass is 248 g/mol. The van der Waals surface area contributed by atoms with Gasteiger partial charge in [-0.3, -0.25) is 0 Å². The van der Waals surface area contributed by atoms with Crippen LogP contribution in [0.5, 0.6) is 0 Å². The van der Waals surface area contributed by atoms with Crippen molar-refractivity contribution >= 4 is 40.1 Å². The Morgan fingerprint density at radius 3 is 2.50 bits per heavy atom. The van der Waals surface area contributed by atoms with Crippen LogP contribution in [0, 0.1) is 6.92 Å². The molecular formula is C7H7BBrClO2. The van der Waals surface area contributed by atoms with Gasteiger partial charge in [0.05, 0.1) is 0 Å². The van der Waals surface area contributed by atoms with E-state index >= 15 is 0 Å². The van der Waals surface area contributed by atoms with Crippen LogP contribution < -0.4 is 5.46 Å². The molecule has 0 aliphatic carbocycles. The summed E-state index contributed by atoms with van der Waals surface area (Å²) in [6.07, 6.45) is 0. The standard InChI is InChI=1S/C7H7BBrClO2/c1-4-2-5(8(11)12)6(9)3-7(4)10/h2-3,11-12H,1H3. The third-order valence-corrected chi connectivity index (χ3v) is 2.65. The minimum Gasteiger partial charge on any atom is -0.423 e. The average Bonchev–Trinajstić information content (AvgIpc) is 1.96. The molecule has 64 valence electrons. The van der Waals surface area contributed by atoms with Gasteiger partial charge in [0.25, 0.3) is 0 Å². The Labute approximate surface area is 84.4 Å². The van der Waals surface area contributed by atoms with Crippen LogP contribution in [0.25, 0.3) is 0 Å². The first-order valence-corrected chi connectivity index (χ1v) is 4.51. The summed E-state index contributed by atoms with van der Waals surface area (Å²) in [5.74, 6) is 0. The number of hydrogen-bond acceptors (Lipinski definition) is 2. The summed E-state index contributed by atoms with van der Waals surface area (Å²) >= 11 is 8.97. The van der Waals surface area contributed by atoms with E-state index in [2.05, 4.69) is 15.9 Å². The third kappa shape index (κ3) is 2.01. The number of hydrogen-bond donors (Lipinski definition) is 2. The lowest BCUT2D eigenvalue weighted by molar-refractivity contribution is 0.425. The van der Waals surface area contributed by atoms with E-state index in [9.17, 15) is 0 Å². The van der Waals surface area contributed by atoms with E-state index in [-0.39, 0.29) is 0 Å². The summed E-state index contributed by atoms with van der Waals surface area (Å²) < 4.78 is 0.605. The minimum atomic E-state index is -1.46. The smallest absolute Gasteiger partial charge is 0.423 e. The first-order chi connectivity index (χ1) is 5.52. The van der Waals surface area contributed by atoms with Crippen molar-refractivity contribution in [2.45, 2.75) is 6.92 Å². The van der Waals surface area contributed by atoms with Gasteiger partial charge in [-0.2, -0.15) is 0 Å². The van der Waals surface area contributed by atoms with Crippen molar-refractivity contribution in [3.8, 4) is 0 Å². The Hall–Kier alpha value is -0.0251. The Bertz CT molecular complexity index is 304. The molecule has 0 bridgehead atoms. The Balaban J connectivity index is 3.23. The lowest BCUT2D eigenvalue weighted by Gasteiger charge is -2.05. The van der Waals surface area contributed by atoms with E-state index in [4.69, 9.17) is 21.6 Å². The average molecular weight is 249 g/mol. The maximum Gasteiger partial charge on any atom is 0.489 e. The molecule has 0 fully saturated rings. The summed E-state index contributed by atoms with van der Waals surface area (Å²) in [6.45, 7) is 1.81.